The highest BCUT2D eigenvalue weighted by molar-refractivity contribution is 14.0. The molecular formula is C17H25IN6O2. The first-order chi connectivity index (χ1) is 12.1. The molecule has 0 radical (unpaired) electrons. The highest BCUT2D eigenvalue weighted by Gasteiger charge is 2.08. The van der Waals surface area contributed by atoms with E-state index in [1.807, 2.05) is 6.07 Å². The second kappa shape index (κ2) is 11.4. The van der Waals surface area contributed by atoms with Gasteiger partial charge in [0.05, 0.1) is 17.8 Å². The third kappa shape index (κ3) is 6.98. The second-order valence-corrected chi connectivity index (χ2v) is 5.72. The zero-order valence-electron chi connectivity index (χ0n) is 15.2. The van der Waals surface area contributed by atoms with Crippen molar-refractivity contribution in [2.45, 2.75) is 26.3 Å². The van der Waals surface area contributed by atoms with E-state index in [4.69, 9.17) is 4.52 Å². The van der Waals surface area contributed by atoms with E-state index in [9.17, 15) is 4.79 Å². The number of nitrogens with zero attached hydrogens (tertiary/aromatic N) is 3. The highest BCUT2D eigenvalue weighted by atomic mass is 127. The van der Waals surface area contributed by atoms with Gasteiger partial charge in [-0.1, -0.05) is 19.0 Å². The van der Waals surface area contributed by atoms with Gasteiger partial charge in [0.15, 0.2) is 11.7 Å². The highest BCUT2D eigenvalue weighted by Crippen LogP contribution is 2.13. The Kier molecular flexibility index (Phi) is 9.63. The van der Waals surface area contributed by atoms with Crippen molar-refractivity contribution in [2.75, 3.05) is 20.1 Å². The molecule has 0 spiro atoms. The maximum atomic E-state index is 11.9. The Morgan fingerprint density at radius 1 is 1.27 bits per heavy atom. The molecule has 0 saturated carbocycles. The molecule has 0 unspecified atom stereocenters. The smallest absolute Gasteiger partial charge is 0.252 e. The maximum Gasteiger partial charge on any atom is 0.252 e. The maximum absolute atomic E-state index is 11.9. The summed E-state index contributed by atoms with van der Waals surface area (Å²) in [4.78, 5) is 19.9. The standard InChI is InChI=1S/C17H24N6O2.HI/c1-12(2)15-9-14(25-23-15)11-22-17(18-3)21-8-7-20-16(24)13-5-4-6-19-10-13;/h4-6,9-10,12H,7-8,11H2,1-3H3,(H,20,24)(H2,18,21,22);1H. The summed E-state index contributed by atoms with van der Waals surface area (Å²) in [6.45, 7) is 5.62. The average molecular weight is 472 g/mol. The Hall–Kier alpha value is -2.17. The molecule has 2 rings (SSSR count). The minimum Gasteiger partial charge on any atom is -0.359 e. The van der Waals surface area contributed by atoms with Crippen LogP contribution in [0.5, 0.6) is 0 Å². The summed E-state index contributed by atoms with van der Waals surface area (Å²) in [5, 5.41) is 13.1. The lowest BCUT2D eigenvalue weighted by molar-refractivity contribution is 0.0954. The van der Waals surface area contributed by atoms with Crippen molar-refractivity contribution in [2.24, 2.45) is 4.99 Å². The molecular weight excluding hydrogens is 447 g/mol. The van der Waals surface area contributed by atoms with Crippen LogP contribution in [0.25, 0.3) is 0 Å². The summed E-state index contributed by atoms with van der Waals surface area (Å²) >= 11 is 0. The molecule has 9 heteroatoms. The van der Waals surface area contributed by atoms with Gasteiger partial charge < -0.3 is 20.5 Å². The predicted molar refractivity (Wildman–Crippen MR) is 111 cm³/mol. The molecule has 142 valence electrons. The predicted octanol–water partition coefficient (Wildman–Crippen LogP) is 1.91. The minimum atomic E-state index is -0.152. The fourth-order valence-corrected chi connectivity index (χ4v) is 2.03. The van der Waals surface area contributed by atoms with Gasteiger partial charge in [-0.05, 0) is 18.1 Å². The lowest BCUT2D eigenvalue weighted by Gasteiger charge is -2.11. The van der Waals surface area contributed by atoms with Crippen molar-refractivity contribution in [3.63, 3.8) is 0 Å². The number of rotatable bonds is 7. The van der Waals surface area contributed by atoms with Crippen molar-refractivity contribution < 1.29 is 9.32 Å². The summed E-state index contributed by atoms with van der Waals surface area (Å²) < 4.78 is 5.27. The van der Waals surface area contributed by atoms with E-state index < -0.39 is 0 Å². The van der Waals surface area contributed by atoms with Crippen LogP contribution in [0.4, 0.5) is 0 Å². The van der Waals surface area contributed by atoms with Crippen LogP contribution in [0.2, 0.25) is 0 Å². The lowest BCUT2D eigenvalue weighted by atomic mass is 10.1. The van der Waals surface area contributed by atoms with E-state index in [1.165, 1.54) is 6.20 Å². The molecule has 0 aliphatic rings. The number of aliphatic imine (C=N–C) groups is 1. The van der Waals surface area contributed by atoms with E-state index >= 15 is 0 Å². The number of carbonyl (C=O) groups excluding carboxylic acids is 1. The molecule has 2 aromatic heterocycles. The SMILES string of the molecule is CN=C(NCCNC(=O)c1cccnc1)NCc1cc(C(C)C)no1.I. The third-order valence-corrected chi connectivity index (χ3v) is 3.45. The lowest BCUT2D eigenvalue weighted by Crippen LogP contribution is -2.41. The monoisotopic (exact) mass is 472 g/mol. The molecule has 26 heavy (non-hydrogen) atoms. The van der Waals surface area contributed by atoms with Gasteiger partial charge in [0, 0.05) is 38.6 Å². The second-order valence-electron chi connectivity index (χ2n) is 5.72. The van der Waals surface area contributed by atoms with Crippen LogP contribution in [-0.4, -0.2) is 42.1 Å². The molecule has 0 bridgehead atoms. The molecule has 0 fully saturated rings. The molecule has 8 nitrogen and oxygen atoms in total. The van der Waals surface area contributed by atoms with Gasteiger partial charge in [-0.15, -0.1) is 24.0 Å². The number of carbonyl (C=O) groups is 1. The molecule has 3 N–H and O–H groups in total. The van der Waals surface area contributed by atoms with Crippen molar-refractivity contribution in [1.82, 2.24) is 26.1 Å². The van der Waals surface area contributed by atoms with Gasteiger partial charge in [-0.3, -0.25) is 14.8 Å². The van der Waals surface area contributed by atoms with Crippen molar-refractivity contribution in [3.8, 4) is 0 Å². The normalized spacial score (nSPS) is 11.0. The summed E-state index contributed by atoms with van der Waals surface area (Å²) in [5.41, 5.74) is 1.47. The van der Waals surface area contributed by atoms with Crippen LogP contribution in [-0.2, 0) is 6.54 Å². The summed E-state index contributed by atoms with van der Waals surface area (Å²) in [7, 11) is 1.68. The molecule has 1 amide bonds. The van der Waals surface area contributed by atoms with Gasteiger partial charge in [0.1, 0.15) is 0 Å². The summed E-state index contributed by atoms with van der Waals surface area (Å²) in [5.74, 6) is 1.55. The fourth-order valence-electron chi connectivity index (χ4n) is 2.03. The molecule has 2 heterocycles. The Morgan fingerprint density at radius 3 is 2.65 bits per heavy atom. The molecule has 0 aliphatic heterocycles. The van der Waals surface area contributed by atoms with Crippen molar-refractivity contribution in [1.29, 1.82) is 0 Å². The zero-order chi connectivity index (χ0) is 18.1. The van der Waals surface area contributed by atoms with Crippen LogP contribution < -0.4 is 16.0 Å². The van der Waals surface area contributed by atoms with Gasteiger partial charge in [-0.2, -0.15) is 0 Å². The average Bonchev–Trinajstić information content (AvgIpc) is 3.11. The molecule has 2 aromatic rings. The Bertz CT molecular complexity index is 702. The van der Waals surface area contributed by atoms with Crippen molar-refractivity contribution >= 4 is 35.8 Å². The van der Waals surface area contributed by atoms with Gasteiger partial charge in [0.25, 0.3) is 5.91 Å². The number of pyridine rings is 1. The largest absolute Gasteiger partial charge is 0.359 e. The molecule has 0 aromatic carbocycles. The van der Waals surface area contributed by atoms with Crippen LogP contribution in [0.1, 0.15) is 41.6 Å². The number of amides is 1. The number of halogens is 1. The molecule has 0 atom stereocenters. The van der Waals surface area contributed by atoms with Crippen LogP contribution in [0.3, 0.4) is 0 Å². The van der Waals surface area contributed by atoms with E-state index in [-0.39, 0.29) is 29.9 Å². The molecule has 0 aliphatic carbocycles. The first-order valence-corrected chi connectivity index (χ1v) is 8.18. The first-order valence-electron chi connectivity index (χ1n) is 8.18. The zero-order valence-corrected chi connectivity index (χ0v) is 17.5. The van der Waals surface area contributed by atoms with Gasteiger partial charge >= 0.3 is 0 Å². The Labute approximate surface area is 170 Å². The Morgan fingerprint density at radius 2 is 2.04 bits per heavy atom. The van der Waals surface area contributed by atoms with Crippen LogP contribution >= 0.6 is 24.0 Å². The van der Waals surface area contributed by atoms with Gasteiger partial charge in [0.2, 0.25) is 0 Å². The summed E-state index contributed by atoms with van der Waals surface area (Å²) in [6.07, 6.45) is 3.17. The Balaban J connectivity index is 0.00000338. The molecule has 0 saturated heterocycles. The van der Waals surface area contributed by atoms with E-state index in [0.29, 0.717) is 37.1 Å². The van der Waals surface area contributed by atoms with Gasteiger partial charge in [-0.25, -0.2) is 0 Å². The quantitative estimate of drug-likeness (QED) is 0.246. The van der Waals surface area contributed by atoms with Crippen molar-refractivity contribution in [3.05, 3.63) is 47.6 Å². The fraction of sp³-hybridized carbons (Fsp3) is 0.412. The van der Waals surface area contributed by atoms with E-state index in [0.717, 1.165) is 11.5 Å². The number of guanidine groups is 1. The number of nitrogens with one attached hydrogen (secondary N) is 3. The van der Waals surface area contributed by atoms with E-state index in [2.05, 4.69) is 44.9 Å². The number of aromatic nitrogens is 2. The minimum absolute atomic E-state index is 0. The van der Waals surface area contributed by atoms with E-state index in [1.54, 1.807) is 25.4 Å². The first kappa shape index (κ1) is 21.9. The van der Waals surface area contributed by atoms with Crippen LogP contribution in [0, 0.1) is 0 Å². The topological polar surface area (TPSA) is 104 Å². The third-order valence-electron chi connectivity index (χ3n) is 3.45. The van der Waals surface area contributed by atoms with Crippen LogP contribution in [0.15, 0.2) is 40.1 Å². The summed E-state index contributed by atoms with van der Waals surface area (Å²) in [6, 6.07) is 5.38. The number of hydrogen-bond donors (Lipinski definition) is 3. The number of hydrogen-bond acceptors (Lipinski definition) is 5.